The summed E-state index contributed by atoms with van der Waals surface area (Å²) in [6, 6.07) is 44.6. The van der Waals surface area contributed by atoms with Gasteiger partial charge in [0.05, 0.1) is 28.3 Å². The van der Waals surface area contributed by atoms with Crippen molar-refractivity contribution in [2.75, 3.05) is 0 Å². The van der Waals surface area contributed by atoms with Crippen molar-refractivity contribution < 1.29 is 0 Å². The van der Waals surface area contributed by atoms with E-state index < -0.39 is 0 Å². The Morgan fingerprint density at radius 2 is 0.885 bits per heavy atom. The van der Waals surface area contributed by atoms with Gasteiger partial charge in [-0.1, -0.05) is 158 Å². The minimum absolute atomic E-state index is 0.915. The molecule has 0 saturated heterocycles. The molecule has 0 bridgehead atoms. The summed E-state index contributed by atoms with van der Waals surface area (Å²) in [7, 11) is 0. The Morgan fingerprint density at radius 3 is 1.50 bits per heavy atom. The van der Waals surface area contributed by atoms with Crippen LogP contribution in [0.25, 0.3) is 86.0 Å². The maximum atomic E-state index is 2.55. The summed E-state index contributed by atoms with van der Waals surface area (Å²) in [6.45, 7) is 0. The standard InChI is InChI=1S/C50H38N2/c1-5-19-35(20-6-1)37-27-17-29-43(49(37)51-45-31-11-3-9-23-39(45)40-24-10-4-12-32-46(40)51)44-30-18-28-38(36-21-7-2-8-22-36)50(44)52-47-33-15-13-25-41(47)42-26-14-16-34-48(42)52/h1-2,5-13,15-25,27-34H,3-4,14,26H2. The number of nitrogens with zero attached hydrogens (tertiary/aromatic N) is 2. The summed E-state index contributed by atoms with van der Waals surface area (Å²) in [5.74, 6) is 0. The summed E-state index contributed by atoms with van der Waals surface area (Å²) in [5, 5.41) is 1.34. The minimum Gasteiger partial charge on any atom is -0.308 e. The van der Waals surface area contributed by atoms with Gasteiger partial charge in [-0.05, 0) is 66.7 Å². The van der Waals surface area contributed by atoms with E-state index in [-0.39, 0.29) is 0 Å². The van der Waals surface area contributed by atoms with Crippen LogP contribution in [0.3, 0.4) is 0 Å². The van der Waals surface area contributed by atoms with E-state index in [0.717, 1.165) is 25.7 Å². The zero-order valence-corrected chi connectivity index (χ0v) is 29.0. The van der Waals surface area contributed by atoms with Crippen molar-refractivity contribution in [3.8, 4) is 44.8 Å². The molecule has 2 nitrogen and oxygen atoms in total. The highest BCUT2D eigenvalue weighted by Gasteiger charge is 2.28. The third-order valence-electron chi connectivity index (χ3n) is 10.8. The molecule has 0 amide bonds. The Bertz CT molecular complexity index is 2610. The zero-order chi connectivity index (χ0) is 34.4. The first kappa shape index (κ1) is 30.4. The fourth-order valence-electron chi connectivity index (χ4n) is 8.59. The monoisotopic (exact) mass is 666 g/mol. The summed E-state index contributed by atoms with van der Waals surface area (Å²) in [4.78, 5) is 0. The van der Waals surface area contributed by atoms with Crippen molar-refractivity contribution in [3.63, 3.8) is 0 Å². The largest absolute Gasteiger partial charge is 0.308 e. The highest BCUT2D eigenvalue weighted by molar-refractivity contribution is 5.99. The van der Waals surface area contributed by atoms with Crippen LogP contribution in [-0.4, -0.2) is 9.13 Å². The van der Waals surface area contributed by atoms with Crippen molar-refractivity contribution in [2.45, 2.75) is 25.7 Å². The molecule has 10 rings (SSSR count). The van der Waals surface area contributed by atoms with Crippen LogP contribution in [0.1, 0.15) is 53.0 Å². The van der Waals surface area contributed by atoms with Gasteiger partial charge in [0.1, 0.15) is 0 Å². The number of hydrogen-bond acceptors (Lipinski definition) is 0. The molecule has 0 N–H and O–H groups in total. The normalized spacial score (nSPS) is 14.2. The van der Waals surface area contributed by atoms with E-state index in [1.165, 1.54) is 89.4 Å². The van der Waals surface area contributed by atoms with Crippen LogP contribution in [-0.2, 0) is 6.42 Å². The smallest absolute Gasteiger partial charge is 0.0619 e. The van der Waals surface area contributed by atoms with Gasteiger partial charge in [0.2, 0.25) is 0 Å². The molecule has 2 aromatic heterocycles. The number of para-hydroxylation sites is 3. The van der Waals surface area contributed by atoms with Crippen molar-refractivity contribution in [2.24, 2.45) is 0 Å². The van der Waals surface area contributed by atoms with E-state index in [2.05, 4.69) is 191 Å². The highest BCUT2D eigenvalue weighted by atomic mass is 15.0. The maximum absolute atomic E-state index is 2.55. The molecule has 0 unspecified atom stereocenters. The molecule has 2 heterocycles. The fraction of sp³-hybridized carbons (Fsp3) is 0.0800. The first-order chi connectivity index (χ1) is 25.9. The molecule has 52 heavy (non-hydrogen) atoms. The Balaban J connectivity index is 1.38. The molecule has 7 aromatic rings. The molecule has 2 heteroatoms. The number of benzene rings is 5. The lowest BCUT2D eigenvalue weighted by atomic mass is 9.91. The van der Waals surface area contributed by atoms with Crippen molar-refractivity contribution in [3.05, 3.63) is 185 Å². The lowest BCUT2D eigenvalue weighted by molar-refractivity contribution is 0.968. The van der Waals surface area contributed by atoms with Gasteiger partial charge >= 0.3 is 0 Å². The van der Waals surface area contributed by atoms with Gasteiger partial charge in [0, 0.05) is 44.5 Å². The van der Waals surface area contributed by atoms with Gasteiger partial charge in [-0.25, -0.2) is 0 Å². The lowest BCUT2D eigenvalue weighted by Crippen LogP contribution is -2.08. The van der Waals surface area contributed by atoms with Crippen LogP contribution in [0.4, 0.5) is 0 Å². The van der Waals surface area contributed by atoms with Gasteiger partial charge in [0.25, 0.3) is 0 Å². The van der Waals surface area contributed by atoms with Gasteiger partial charge in [-0.15, -0.1) is 0 Å². The van der Waals surface area contributed by atoms with Gasteiger partial charge in [-0.3, -0.25) is 0 Å². The van der Waals surface area contributed by atoms with E-state index in [0.29, 0.717) is 0 Å². The van der Waals surface area contributed by atoms with Crippen LogP contribution in [0.5, 0.6) is 0 Å². The summed E-state index contributed by atoms with van der Waals surface area (Å²) in [6.07, 6.45) is 27.1. The summed E-state index contributed by atoms with van der Waals surface area (Å²) < 4.78 is 5.10. The molecule has 0 atom stereocenters. The second kappa shape index (κ2) is 12.7. The van der Waals surface area contributed by atoms with E-state index >= 15 is 0 Å². The Morgan fingerprint density at radius 1 is 0.385 bits per heavy atom. The van der Waals surface area contributed by atoms with Crippen molar-refractivity contribution >= 4 is 41.3 Å². The van der Waals surface area contributed by atoms with E-state index in [9.17, 15) is 0 Å². The molecule has 0 saturated carbocycles. The molecular formula is C50H38N2. The predicted octanol–water partition coefficient (Wildman–Crippen LogP) is 13.2. The lowest BCUT2D eigenvalue weighted by Gasteiger charge is -2.25. The van der Waals surface area contributed by atoms with Gasteiger partial charge in [0.15, 0.2) is 0 Å². The second-order valence-corrected chi connectivity index (χ2v) is 13.8. The first-order valence-electron chi connectivity index (χ1n) is 18.5. The average molecular weight is 667 g/mol. The number of allylic oxidation sites excluding steroid dienone is 5. The van der Waals surface area contributed by atoms with Crippen molar-refractivity contribution in [1.29, 1.82) is 0 Å². The molecular weight excluding hydrogens is 629 g/mol. The van der Waals surface area contributed by atoms with Crippen LogP contribution in [0, 0.1) is 0 Å². The third-order valence-corrected chi connectivity index (χ3v) is 10.8. The molecule has 5 aromatic carbocycles. The Labute approximate surface area is 305 Å². The summed E-state index contributed by atoms with van der Waals surface area (Å²) in [5.41, 5.74) is 18.6. The molecule has 0 radical (unpaired) electrons. The van der Waals surface area contributed by atoms with Crippen LogP contribution in [0.2, 0.25) is 0 Å². The Hall–Kier alpha value is -6.38. The topological polar surface area (TPSA) is 9.86 Å². The van der Waals surface area contributed by atoms with E-state index in [1.54, 1.807) is 0 Å². The van der Waals surface area contributed by atoms with Crippen LogP contribution >= 0.6 is 0 Å². The highest BCUT2D eigenvalue weighted by Crippen LogP contribution is 2.47. The molecule has 3 aliphatic rings. The molecule has 3 aliphatic carbocycles. The summed E-state index contributed by atoms with van der Waals surface area (Å²) >= 11 is 0. The number of aromatic nitrogens is 2. The zero-order valence-electron chi connectivity index (χ0n) is 29.0. The molecule has 0 spiro atoms. The van der Waals surface area contributed by atoms with Gasteiger partial charge in [-0.2, -0.15) is 0 Å². The van der Waals surface area contributed by atoms with E-state index in [4.69, 9.17) is 0 Å². The Kier molecular flexibility index (Phi) is 7.46. The van der Waals surface area contributed by atoms with Crippen LogP contribution < -0.4 is 0 Å². The quantitative estimate of drug-likeness (QED) is 0.173. The SMILES string of the molecule is C1=Cc2c3c(n(-c4c(-c5ccccc5)cccc4-c4cccc(-c5ccccc5)c4-n4c5c(c6ccccc64)CCC=C5)c2C=CC1)C=CCC=C3. The molecule has 0 fully saturated rings. The van der Waals surface area contributed by atoms with E-state index in [1.807, 2.05) is 0 Å². The number of fused-ring (bicyclic) bond motifs is 6. The molecule has 0 aliphatic heterocycles. The number of aryl methyl sites for hydroxylation is 1. The predicted molar refractivity (Wildman–Crippen MR) is 222 cm³/mol. The average Bonchev–Trinajstić information content (AvgIpc) is 3.39. The third kappa shape index (κ3) is 4.86. The minimum atomic E-state index is 0.915. The number of hydrogen-bond donors (Lipinski definition) is 0. The first-order valence-corrected chi connectivity index (χ1v) is 18.5. The van der Waals surface area contributed by atoms with Crippen LogP contribution in [0.15, 0.2) is 152 Å². The maximum Gasteiger partial charge on any atom is 0.0619 e. The second-order valence-electron chi connectivity index (χ2n) is 13.8. The van der Waals surface area contributed by atoms with Gasteiger partial charge < -0.3 is 9.13 Å². The fourth-order valence-corrected chi connectivity index (χ4v) is 8.59. The number of rotatable bonds is 5. The molecule has 248 valence electrons. The van der Waals surface area contributed by atoms with Crippen molar-refractivity contribution in [1.82, 2.24) is 9.13 Å².